The SMILES string of the molecule is Cc1ccccc1OCCNC(=O)N1CCN(S(=O)(=O)c2cccc3nsnc23)CC1. The Labute approximate surface area is 185 Å². The zero-order valence-corrected chi connectivity index (χ0v) is 18.7. The second kappa shape index (κ2) is 9.16. The third kappa shape index (κ3) is 4.63. The van der Waals surface area contributed by atoms with E-state index in [2.05, 4.69) is 14.1 Å². The summed E-state index contributed by atoms with van der Waals surface area (Å²) in [7, 11) is -3.70. The molecule has 0 bridgehead atoms. The Morgan fingerprint density at radius 2 is 1.87 bits per heavy atom. The highest BCUT2D eigenvalue weighted by atomic mass is 32.2. The molecule has 1 aromatic heterocycles. The average molecular weight is 462 g/mol. The molecule has 0 atom stereocenters. The smallest absolute Gasteiger partial charge is 0.317 e. The van der Waals surface area contributed by atoms with Crippen molar-refractivity contribution in [2.24, 2.45) is 0 Å². The number of sulfonamides is 1. The molecule has 164 valence electrons. The predicted molar refractivity (Wildman–Crippen MR) is 118 cm³/mol. The number of fused-ring (bicyclic) bond motifs is 1. The van der Waals surface area contributed by atoms with Gasteiger partial charge < -0.3 is 15.0 Å². The molecule has 9 nitrogen and oxygen atoms in total. The predicted octanol–water partition coefficient (Wildman–Crippen LogP) is 2.09. The number of nitrogens with one attached hydrogen (secondary N) is 1. The van der Waals surface area contributed by atoms with E-state index in [1.165, 1.54) is 4.31 Å². The van der Waals surface area contributed by atoms with E-state index in [1.54, 1.807) is 23.1 Å². The number of urea groups is 1. The van der Waals surface area contributed by atoms with Crippen molar-refractivity contribution in [3.8, 4) is 5.75 Å². The van der Waals surface area contributed by atoms with Crippen LogP contribution < -0.4 is 10.1 Å². The van der Waals surface area contributed by atoms with Gasteiger partial charge in [-0.3, -0.25) is 0 Å². The van der Waals surface area contributed by atoms with Crippen LogP contribution in [0.1, 0.15) is 5.56 Å². The van der Waals surface area contributed by atoms with Crippen LogP contribution in [0.5, 0.6) is 5.75 Å². The second-order valence-electron chi connectivity index (χ2n) is 7.13. The highest BCUT2D eigenvalue weighted by molar-refractivity contribution is 7.89. The van der Waals surface area contributed by atoms with Crippen LogP contribution in [0.25, 0.3) is 11.0 Å². The van der Waals surface area contributed by atoms with E-state index in [0.717, 1.165) is 23.0 Å². The summed E-state index contributed by atoms with van der Waals surface area (Å²) in [6.07, 6.45) is 0. The number of para-hydroxylation sites is 1. The zero-order valence-electron chi connectivity index (χ0n) is 17.0. The van der Waals surface area contributed by atoms with E-state index in [0.29, 0.717) is 37.3 Å². The number of amides is 2. The van der Waals surface area contributed by atoms with Gasteiger partial charge in [-0.15, -0.1) is 0 Å². The first-order valence-electron chi connectivity index (χ1n) is 9.89. The summed E-state index contributed by atoms with van der Waals surface area (Å²) < 4.78 is 41.5. The van der Waals surface area contributed by atoms with Gasteiger partial charge in [-0.05, 0) is 30.7 Å². The fourth-order valence-electron chi connectivity index (χ4n) is 3.41. The molecule has 0 aliphatic carbocycles. The molecule has 11 heteroatoms. The molecule has 1 aliphatic heterocycles. The molecule has 0 saturated carbocycles. The monoisotopic (exact) mass is 461 g/mol. The first kappa shape index (κ1) is 21.5. The van der Waals surface area contributed by atoms with Crippen molar-refractivity contribution in [2.45, 2.75) is 11.8 Å². The standard InChI is InChI=1S/C20H23N5O4S2/c1-15-5-2-3-7-17(15)29-14-9-21-20(26)24-10-12-25(13-11-24)31(27,28)18-8-4-6-16-19(18)23-30-22-16/h2-8H,9-14H2,1H3,(H,21,26). The van der Waals surface area contributed by atoms with Gasteiger partial charge in [0.25, 0.3) is 0 Å². The highest BCUT2D eigenvalue weighted by Gasteiger charge is 2.31. The van der Waals surface area contributed by atoms with Crippen molar-refractivity contribution in [3.63, 3.8) is 0 Å². The van der Waals surface area contributed by atoms with Gasteiger partial charge in [0.1, 0.15) is 28.3 Å². The minimum Gasteiger partial charge on any atom is -0.491 e. The first-order valence-corrected chi connectivity index (χ1v) is 12.1. The van der Waals surface area contributed by atoms with E-state index in [9.17, 15) is 13.2 Å². The summed E-state index contributed by atoms with van der Waals surface area (Å²) in [6, 6.07) is 12.4. The number of ether oxygens (including phenoxy) is 1. The van der Waals surface area contributed by atoms with Gasteiger partial charge in [0.2, 0.25) is 10.0 Å². The van der Waals surface area contributed by atoms with Gasteiger partial charge in [-0.2, -0.15) is 13.1 Å². The van der Waals surface area contributed by atoms with Crippen LogP contribution in [0.2, 0.25) is 0 Å². The summed E-state index contributed by atoms with van der Waals surface area (Å²) in [4.78, 5) is 14.2. The van der Waals surface area contributed by atoms with Gasteiger partial charge in [-0.25, -0.2) is 13.2 Å². The maximum atomic E-state index is 13.1. The molecule has 1 fully saturated rings. The first-order chi connectivity index (χ1) is 15.0. The van der Waals surface area contributed by atoms with E-state index in [4.69, 9.17) is 4.74 Å². The number of nitrogens with zero attached hydrogens (tertiary/aromatic N) is 4. The summed E-state index contributed by atoms with van der Waals surface area (Å²) in [5.41, 5.74) is 1.99. The van der Waals surface area contributed by atoms with Crippen LogP contribution in [0.15, 0.2) is 47.4 Å². The van der Waals surface area contributed by atoms with Crippen molar-refractivity contribution in [1.29, 1.82) is 0 Å². The number of piperazine rings is 1. The van der Waals surface area contributed by atoms with Gasteiger partial charge in [0.05, 0.1) is 18.3 Å². The lowest BCUT2D eigenvalue weighted by Crippen LogP contribution is -2.53. The molecule has 1 saturated heterocycles. The lowest BCUT2D eigenvalue weighted by molar-refractivity contribution is 0.170. The number of aromatic nitrogens is 2. The van der Waals surface area contributed by atoms with Crippen LogP contribution in [0, 0.1) is 6.92 Å². The third-order valence-electron chi connectivity index (χ3n) is 5.12. The Bertz CT molecular complexity index is 1170. The summed E-state index contributed by atoms with van der Waals surface area (Å²) >= 11 is 0.988. The van der Waals surface area contributed by atoms with Gasteiger partial charge in [-0.1, -0.05) is 24.3 Å². The molecular weight excluding hydrogens is 438 g/mol. The molecule has 2 amide bonds. The summed E-state index contributed by atoms with van der Waals surface area (Å²) in [5.74, 6) is 0.793. The maximum absolute atomic E-state index is 13.1. The number of aryl methyl sites for hydroxylation is 1. The van der Waals surface area contributed by atoms with Crippen LogP contribution >= 0.6 is 11.7 Å². The molecule has 4 rings (SSSR count). The lowest BCUT2D eigenvalue weighted by atomic mass is 10.2. The minimum absolute atomic E-state index is 0.157. The molecule has 0 spiro atoms. The van der Waals surface area contributed by atoms with Crippen molar-refractivity contribution >= 4 is 38.8 Å². The number of carbonyl (C=O) groups excluding carboxylic acids is 1. The molecular formula is C20H23N5O4S2. The molecule has 31 heavy (non-hydrogen) atoms. The van der Waals surface area contributed by atoms with E-state index in [-0.39, 0.29) is 24.0 Å². The Kier molecular flexibility index (Phi) is 6.35. The number of hydrogen-bond acceptors (Lipinski definition) is 7. The van der Waals surface area contributed by atoms with E-state index >= 15 is 0 Å². The summed E-state index contributed by atoms with van der Waals surface area (Å²) in [6.45, 7) is 3.77. The third-order valence-corrected chi connectivity index (χ3v) is 7.59. The highest BCUT2D eigenvalue weighted by Crippen LogP contribution is 2.25. The maximum Gasteiger partial charge on any atom is 0.317 e. The van der Waals surface area contributed by atoms with Crippen molar-refractivity contribution in [3.05, 3.63) is 48.0 Å². The van der Waals surface area contributed by atoms with Crippen LogP contribution in [0.3, 0.4) is 0 Å². The lowest BCUT2D eigenvalue weighted by Gasteiger charge is -2.34. The molecule has 3 aromatic rings. The van der Waals surface area contributed by atoms with Gasteiger partial charge >= 0.3 is 6.03 Å². The number of rotatable bonds is 6. The normalized spacial score (nSPS) is 15.2. The molecule has 1 aliphatic rings. The van der Waals surface area contributed by atoms with Crippen LogP contribution in [0.4, 0.5) is 4.79 Å². The van der Waals surface area contributed by atoms with Crippen molar-refractivity contribution in [1.82, 2.24) is 23.3 Å². The Balaban J connectivity index is 1.28. The molecule has 2 aromatic carbocycles. The summed E-state index contributed by atoms with van der Waals surface area (Å²) in [5, 5.41) is 2.83. The topological polar surface area (TPSA) is 105 Å². The Morgan fingerprint density at radius 3 is 2.65 bits per heavy atom. The molecule has 1 N–H and O–H groups in total. The second-order valence-corrected chi connectivity index (χ2v) is 9.56. The van der Waals surface area contributed by atoms with E-state index < -0.39 is 10.0 Å². The quantitative estimate of drug-likeness (QED) is 0.564. The van der Waals surface area contributed by atoms with Gasteiger partial charge in [0.15, 0.2) is 0 Å². The van der Waals surface area contributed by atoms with Gasteiger partial charge in [0, 0.05) is 26.2 Å². The fourth-order valence-corrected chi connectivity index (χ4v) is 5.58. The Hall–Kier alpha value is -2.76. The largest absolute Gasteiger partial charge is 0.491 e. The zero-order chi connectivity index (χ0) is 21.8. The minimum atomic E-state index is -3.70. The fraction of sp³-hybridized carbons (Fsp3) is 0.350. The van der Waals surface area contributed by atoms with Crippen molar-refractivity contribution < 1.29 is 17.9 Å². The Morgan fingerprint density at radius 1 is 1.10 bits per heavy atom. The molecule has 2 heterocycles. The van der Waals surface area contributed by atoms with Crippen molar-refractivity contribution in [2.75, 3.05) is 39.3 Å². The molecule has 0 radical (unpaired) electrons. The molecule has 0 unspecified atom stereocenters. The average Bonchev–Trinajstić information content (AvgIpc) is 3.26. The number of carbonyl (C=O) groups is 1. The van der Waals surface area contributed by atoms with Crippen LogP contribution in [-0.4, -0.2) is 71.7 Å². The van der Waals surface area contributed by atoms with E-state index in [1.807, 2.05) is 31.2 Å². The van der Waals surface area contributed by atoms with Crippen LogP contribution in [-0.2, 0) is 10.0 Å². The number of hydrogen-bond donors (Lipinski definition) is 1. The number of benzene rings is 2.